The molecule has 0 radical (unpaired) electrons. The Bertz CT molecular complexity index is 1090. The topological polar surface area (TPSA) is 110 Å². The highest BCUT2D eigenvalue weighted by molar-refractivity contribution is 5.89. The van der Waals surface area contributed by atoms with Gasteiger partial charge >= 0.3 is 6.03 Å². The quantitative estimate of drug-likeness (QED) is 0.495. The minimum atomic E-state index is -0.311. The normalized spacial score (nSPS) is 10.6. The molecule has 9 heteroatoms. The molecule has 0 aliphatic carbocycles. The number of hydrogen-bond donors (Lipinski definition) is 3. The van der Waals surface area contributed by atoms with Crippen molar-refractivity contribution in [1.82, 2.24) is 29.8 Å². The fraction of sp³-hybridized carbons (Fsp3) is 0.105. The van der Waals surface area contributed by atoms with Gasteiger partial charge in [0.05, 0.1) is 12.5 Å². The maximum absolute atomic E-state index is 11.7. The van der Waals surface area contributed by atoms with Crippen molar-refractivity contribution in [2.75, 3.05) is 17.2 Å². The van der Waals surface area contributed by atoms with Crippen LogP contribution in [0.15, 0.2) is 61.3 Å². The first-order valence-corrected chi connectivity index (χ1v) is 8.75. The van der Waals surface area contributed by atoms with E-state index in [0.717, 1.165) is 11.4 Å². The lowest BCUT2D eigenvalue weighted by Crippen LogP contribution is -2.28. The molecule has 0 unspecified atom stereocenters. The third-order valence-electron chi connectivity index (χ3n) is 3.93. The van der Waals surface area contributed by atoms with Gasteiger partial charge in [0, 0.05) is 30.3 Å². The van der Waals surface area contributed by atoms with E-state index in [4.69, 9.17) is 0 Å². The number of urea groups is 1. The van der Waals surface area contributed by atoms with Crippen molar-refractivity contribution in [3.05, 3.63) is 61.3 Å². The van der Waals surface area contributed by atoms with Gasteiger partial charge in [0.15, 0.2) is 11.5 Å². The molecule has 9 nitrogen and oxygen atoms in total. The minimum Gasteiger partial charge on any atom is -0.339 e. The second kappa shape index (κ2) is 7.70. The zero-order chi connectivity index (χ0) is 19.3. The molecule has 0 saturated carbocycles. The molecule has 0 aliphatic rings. The second-order valence-electron chi connectivity index (χ2n) is 5.92. The standard InChI is InChI=1S/C19H18N8O/c1-2-21-19(28)26-16-8-7-15-18(24-16)25-17(11-22-15)23-13-3-5-14(6-4-13)27-10-9-20-12-27/h3-12H,2H2,1H3,(H3,21,23,24,25,26,28). The van der Waals surface area contributed by atoms with E-state index in [-0.39, 0.29) is 6.03 Å². The molecular weight excluding hydrogens is 356 g/mol. The first-order chi connectivity index (χ1) is 13.7. The number of carbonyl (C=O) groups is 1. The highest BCUT2D eigenvalue weighted by Crippen LogP contribution is 2.19. The Morgan fingerprint density at radius 3 is 2.64 bits per heavy atom. The van der Waals surface area contributed by atoms with Crippen LogP contribution >= 0.6 is 0 Å². The summed E-state index contributed by atoms with van der Waals surface area (Å²) >= 11 is 0. The summed E-state index contributed by atoms with van der Waals surface area (Å²) in [4.78, 5) is 28.9. The number of nitrogens with zero attached hydrogens (tertiary/aromatic N) is 5. The molecule has 3 aromatic heterocycles. The highest BCUT2D eigenvalue weighted by atomic mass is 16.2. The number of nitrogens with one attached hydrogen (secondary N) is 3. The van der Waals surface area contributed by atoms with Crippen LogP contribution in [0.3, 0.4) is 0 Å². The Morgan fingerprint density at radius 2 is 1.89 bits per heavy atom. The number of carbonyl (C=O) groups excluding carboxylic acids is 1. The predicted octanol–water partition coefficient (Wildman–Crippen LogP) is 3.10. The molecule has 0 saturated heterocycles. The molecule has 0 bridgehead atoms. The SMILES string of the molecule is CCNC(=O)Nc1ccc2ncc(Nc3ccc(-n4ccnc4)cc3)nc2n1. The summed E-state index contributed by atoms with van der Waals surface area (Å²) in [6.07, 6.45) is 7.01. The van der Waals surface area contributed by atoms with Crippen LogP contribution in [0.5, 0.6) is 0 Å². The lowest BCUT2D eigenvalue weighted by atomic mass is 10.3. The van der Waals surface area contributed by atoms with Crippen molar-refractivity contribution >= 4 is 34.5 Å². The van der Waals surface area contributed by atoms with Crippen LogP contribution in [0.4, 0.5) is 22.1 Å². The van der Waals surface area contributed by atoms with Gasteiger partial charge in [0.25, 0.3) is 0 Å². The van der Waals surface area contributed by atoms with Gasteiger partial charge < -0.3 is 15.2 Å². The average Bonchev–Trinajstić information content (AvgIpc) is 3.23. The number of amides is 2. The number of fused-ring (bicyclic) bond motifs is 1. The molecule has 0 spiro atoms. The molecule has 0 fully saturated rings. The van der Waals surface area contributed by atoms with Gasteiger partial charge in [0.1, 0.15) is 11.3 Å². The monoisotopic (exact) mass is 374 g/mol. The fourth-order valence-corrected chi connectivity index (χ4v) is 2.63. The van der Waals surface area contributed by atoms with E-state index in [0.29, 0.717) is 29.3 Å². The first kappa shape index (κ1) is 17.4. The molecule has 4 rings (SSSR count). The lowest BCUT2D eigenvalue weighted by Gasteiger charge is -2.09. The van der Waals surface area contributed by atoms with Crippen LogP contribution in [0.25, 0.3) is 16.9 Å². The molecule has 2 amide bonds. The Labute approximate surface area is 160 Å². The third kappa shape index (κ3) is 3.88. The van der Waals surface area contributed by atoms with Crippen LogP contribution in [0, 0.1) is 0 Å². The number of rotatable bonds is 5. The van der Waals surface area contributed by atoms with Crippen LogP contribution in [-0.4, -0.2) is 37.1 Å². The van der Waals surface area contributed by atoms with Crippen molar-refractivity contribution in [3.8, 4) is 5.69 Å². The number of benzene rings is 1. The fourth-order valence-electron chi connectivity index (χ4n) is 2.63. The number of pyridine rings is 1. The minimum absolute atomic E-state index is 0.311. The van der Waals surface area contributed by atoms with Gasteiger partial charge in [-0.15, -0.1) is 0 Å². The molecule has 28 heavy (non-hydrogen) atoms. The summed E-state index contributed by atoms with van der Waals surface area (Å²) in [7, 11) is 0. The lowest BCUT2D eigenvalue weighted by molar-refractivity contribution is 0.252. The van der Waals surface area contributed by atoms with Crippen LogP contribution in [-0.2, 0) is 0 Å². The van der Waals surface area contributed by atoms with Crippen molar-refractivity contribution < 1.29 is 4.79 Å². The van der Waals surface area contributed by atoms with E-state index in [1.165, 1.54) is 0 Å². The van der Waals surface area contributed by atoms with Gasteiger partial charge in [0.2, 0.25) is 0 Å². The summed E-state index contributed by atoms with van der Waals surface area (Å²) in [5, 5.41) is 8.53. The van der Waals surface area contributed by atoms with Gasteiger partial charge in [-0.25, -0.2) is 24.7 Å². The number of imidazole rings is 1. The number of aromatic nitrogens is 5. The zero-order valence-corrected chi connectivity index (χ0v) is 15.1. The van der Waals surface area contributed by atoms with Crippen molar-refractivity contribution in [2.45, 2.75) is 6.92 Å². The van der Waals surface area contributed by atoms with Crippen LogP contribution in [0.2, 0.25) is 0 Å². The molecule has 0 atom stereocenters. The summed E-state index contributed by atoms with van der Waals surface area (Å²) < 4.78 is 1.92. The van der Waals surface area contributed by atoms with Gasteiger partial charge in [-0.05, 0) is 43.3 Å². The van der Waals surface area contributed by atoms with Crippen molar-refractivity contribution in [3.63, 3.8) is 0 Å². The van der Waals surface area contributed by atoms with Gasteiger partial charge in [-0.1, -0.05) is 0 Å². The molecule has 4 aromatic rings. The summed E-state index contributed by atoms with van der Waals surface area (Å²) in [5.74, 6) is 0.972. The number of hydrogen-bond acceptors (Lipinski definition) is 6. The third-order valence-corrected chi connectivity index (χ3v) is 3.93. The van der Waals surface area contributed by atoms with Crippen molar-refractivity contribution in [2.24, 2.45) is 0 Å². The van der Waals surface area contributed by atoms with Crippen LogP contribution < -0.4 is 16.0 Å². The molecule has 3 N–H and O–H groups in total. The molecule has 0 aliphatic heterocycles. The summed E-state index contributed by atoms with van der Waals surface area (Å²) in [6, 6.07) is 11.0. The van der Waals surface area contributed by atoms with E-state index >= 15 is 0 Å². The Balaban J connectivity index is 1.52. The van der Waals surface area contributed by atoms with E-state index in [1.807, 2.05) is 42.0 Å². The zero-order valence-electron chi connectivity index (χ0n) is 15.1. The predicted molar refractivity (Wildman–Crippen MR) is 107 cm³/mol. The van der Waals surface area contributed by atoms with Gasteiger partial charge in [-0.2, -0.15) is 0 Å². The van der Waals surface area contributed by atoms with E-state index in [9.17, 15) is 4.79 Å². The maximum Gasteiger partial charge on any atom is 0.320 e. The summed E-state index contributed by atoms with van der Waals surface area (Å²) in [6.45, 7) is 2.38. The van der Waals surface area contributed by atoms with Crippen molar-refractivity contribution in [1.29, 1.82) is 0 Å². The van der Waals surface area contributed by atoms with E-state index in [1.54, 1.807) is 30.9 Å². The summed E-state index contributed by atoms with van der Waals surface area (Å²) in [5.41, 5.74) is 2.96. The molecule has 140 valence electrons. The second-order valence-corrected chi connectivity index (χ2v) is 5.92. The van der Waals surface area contributed by atoms with Crippen LogP contribution in [0.1, 0.15) is 6.92 Å². The van der Waals surface area contributed by atoms with E-state index < -0.39 is 0 Å². The van der Waals surface area contributed by atoms with E-state index in [2.05, 4.69) is 35.9 Å². The molecular formula is C19H18N8O. The largest absolute Gasteiger partial charge is 0.339 e. The Hall–Kier alpha value is -4.01. The Kier molecular flexibility index (Phi) is 4.79. The maximum atomic E-state index is 11.7. The molecule has 1 aromatic carbocycles. The number of anilines is 3. The van der Waals surface area contributed by atoms with Gasteiger partial charge in [-0.3, -0.25) is 5.32 Å². The average molecular weight is 374 g/mol. The molecule has 3 heterocycles. The smallest absolute Gasteiger partial charge is 0.320 e. The highest BCUT2D eigenvalue weighted by Gasteiger charge is 2.06. The Morgan fingerprint density at radius 1 is 1.07 bits per heavy atom. The first-order valence-electron chi connectivity index (χ1n) is 8.75.